The number of hydrogen-bond donors (Lipinski definition) is 0. The standard InChI is InChI=1S/C13H18O2/c1-4-11(2)12-6-5-7-13(10-12)15-9-8-14-3/h4-7,10-11H,1,8-9H2,2-3H3. The van der Waals surface area contributed by atoms with Crippen molar-refractivity contribution < 1.29 is 9.47 Å². The highest BCUT2D eigenvalue weighted by Crippen LogP contribution is 2.21. The van der Waals surface area contributed by atoms with Gasteiger partial charge in [0.05, 0.1) is 6.61 Å². The fraction of sp³-hybridized carbons (Fsp3) is 0.385. The van der Waals surface area contributed by atoms with E-state index in [2.05, 4.69) is 19.6 Å². The van der Waals surface area contributed by atoms with Gasteiger partial charge in [0.15, 0.2) is 0 Å². The van der Waals surface area contributed by atoms with Gasteiger partial charge in [0.1, 0.15) is 12.4 Å². The molecular formula is C13H18O2. The lowest BCUT2D eigenvalue weighted by Crippen LogP contribution is -2.04. The molecule has 0 saturated carbocycles. The minimum atomic E-state index is 0.357. The monoisotopic (exact) mass is 206 g/mol. The van der Waals surface area contributed by atoms with Gasteiger partial charge in [-0.05, 0) is 23.6 Å². The minimum Gasteiger partial charge on any atom is -0.491 e. The van der Waals surface area contributed by atoms with Crippen molar-refractivity contribution in [1.82, 2.24) is 0 Å². The molecule has 0 aliphatic rings. The summed E-state index contributed by atoms with van der Waals surface area (Å²) in [5.41, 5.74) is 1.22. The Kier molecular flexibility index (Phi) is 4.91. The maximum Gasteiger partial charge on any atom is 0.119 e. The number of hydrogen-bond acceptors (Lipinski definition) is 2. The summed E-state index contributed by atoms with van der Waals surface area (Å²) in [5, 5.41) is 0. The Labute approximate surface area is 91.5 Å². The molecule has 1 atom stereocenters. The van der Waals surface area contributed by atoms with Crippen LogP contribution in [-0.2, 0) is 4.74 Å². The molecule has 0 amide bonds. The molecule has 0 saturated heterocycles. The maximum atomic E-state index is 5.52. The highest BCUT2D eigenvalue weighted by atomic mass is 16.5. The Morgan fingerprint density at radius 2 is 2.20 bits per heavy atom. The zero-order chi connectivity index (χ0) is 11.1. The van der Waals surface area contributed by atoms with Gasteiger partial charge in [-0.1, -0.05) is 25.1 Å². The Morgan fingerprint density at radius 3 is 2.87 bits per heavy atom. The van der Waals surface area contributed by atoms with Gasteiger partial charge in [-0.15, -0.1) is 6.58 Å². The van der Waals surface area contributed by atoms with E-state index < -0.39 is 0 Å². The van der Waals surface area contributed by atoms with Gasteiger partial charge in [-0.2, -0.15) is 0 Å². The van der Waals surface area contributed by atoms with Crippen molar-refractivity contribution in [2.45, 2.75) is 12.8 Å². The highest BCUT2D eigenvalue weighted by Gasteiger charge is 2.01. The molecule has 0 aliphatic carbocycles. The largest absolute Gasteiger partial charge is 0.491 e. The lowest BCUT2D eigenvalue weighted by atomic mass is 10.0. The van der Waals surface area contributed by atoms with Gasteiger partial charge in [-0.25, -0.2) is 0 Å². The molecule has 1 aromatic carbocycles. The lowest BCUT2D eigenvalue weighted by molar-refractivity contribution is 0.146. The molecule has 15 heavy (non-hydrogen) atoms. The molecule has 1 aromatic rings. The third-order valence-corrected chi connectivity index (χ3v) is 2.29. The number of methoxy groups -OCH3 is 1. The van der Waals surface area contributed by atoms with E-state index in [1.165, 1.54) is 5.56 Å². The summed E-state index contributed by atoms with van der Waals surface area (Å²) in [6.45, 7) is 7.09. The number of allylic oxidation sites excluding steroid dienone is 1. The van der Waals surface area contributed by atoms with Crippen LogP contribution in [-0.4, -0.2) is 20.3 Å². The van der Waals surface area contributed by atoms with Gasteiger partial charge < -0.3 is 9.47 Å². The van der Waals surface area contributed by atoms with Crippen molar-refractivity contribution >= 4 is 0 Å². The molecule has 0 aliphatic heterocycles. The zero-order valence-electron chi connectivity index (χ0n) is 9.40. The summed E-state index contributed by atoms with van der Waals surface area (Å²) in [7, 11) is 1.67. The summed E-state index contributed by atoms with van der Waals surface area (Å²) in [6.07, 6.45) is 1.92. The molecule has 0 radical (unpaired) electrons. The predicted octanol–water partition coefficient (Wildman–Crippen LogP) is 3.00. The van der Waals surface area contributed by atoms with Crippen LogP contribution < -0.4 is 4.74 Å². The first-order valence-electron chi connectivity index (χ1n) is 5.12. The van der Waals surface area contributed by atoms with Crippen LogP contribution in [0.3, 0.4) is 0 Å². The first kappa shape index (κ1) is 11.8. The maximum absolute atomic E-state index is 5.52. The molecule has 0 heterocycles. The van der Waals surface area contributed by atoms with Crippen LogP contribution in [0.2, 0.25) is 0 Å². The average molecular weight is 206 g/mol. The molecular weight excluding hydrogens is 188 g/mol. The van der Waals surface area contributed by atoms with Crippen LogP contribution in [0.5, 0.6) is 5.75 Å². The Hall–Kier alpha value is -1.28. The molecule has 0 fully saturated rings. The molecule has 0 aromatic heterocycles. The van der Waals surface area contributed by atoms with E-state index >= 15 is 0 Å². The Morgan fingerprint density at radius 1 is 1.40 bits per heavy atom. The summed E-state index contributed by atoms with van der Waals surface area (Å²) in [4.78, 5) is 0. The summed E-state index contributed by atoms with van der Waals surface area (Å²) < 4.78 is 10.4. The van der Waals surface area contributed by atoms with Crippen molar-refractivity contribution in [3.8, 4) is 5.75 Å². The zero-order valence-corrected chi connectivity index (χ0v) is 9.40. The first-order chi connectivity index (χ1) is 7.27. The SMILES string of the molecule is C=CC(C)c1cccc(OCCOC)c1. The summed E-state index contributed by atoms with van der Waals surface area (Å²) in [6, 6.07) is 8.07. The fourth-order valence-electron chi connectivity index (χ4n) is 1.27. The van der Waals surface area contributed by atoms with Crippen LogP contribution in [0, 0.1) is 0 Å². The topological polar surface area (TPSA) is 18.5 Å². The van der Waals surface area contributed by atoms with Crippen LogP contribution >= 0.6 is 0 Å². The first-order valence-corrected chi connectivity index (χ1v) is 5.12. The minimum absolute atomic E-state index is 0.357. The van der Waals surface area contributed by atoms with Crippen LogP contribution in [0.4, 0.5) is 0 Å². The van der Waals surface area contributed by atoms with Gasteiger partial charge in [0.2, 0.25) is 0 Å². The van der Waals surface area contributed by atoms with Crippen LogP contribution in [0.1, 0.15) is 18.4 Å². The second-order valence-electron chi connectivity index (χ2n) is 3.44. The predicted molar refractivity (Wildman–Crippen MR) is 62.4 cm³/mol. The van der Waals surface area contributed by atoms with E-state index in [0.29, 0.717) is 19.1 Å². The van der Waals surface area contributed by atoms with Crippen molar-refractivity contribution in [3.63, 3.8) is 0 Å². The van der Waals surface area contributed by atoms with Crippen molar-refractivity contribution in [3.05, 3.63) is 42.5 Å². The van der Waals surface area contributed by atoms with E-state index in [1.54, 1.807) is 7.11 Å². The quantitative estimate of drug-likeness (QED) is 0.526. The molecule has 0 spiro atoms. The van der Waals surface area contributed by atoms with Gasteiger partial charge in [-0.3, -0.25) is 0 Å². The van der Waals surface area contributed by atoms with E-state index in [9.17, 15) is 0 Å². The molecule has 82 valence electrons. The number of ether oxygens (including phenoxy) is 2. The fourth-order valence-corrected chi connectivity index (χ4v) is 1.27. The molecule has 2 heteroatoms. The summed E-state index contributed by atoms with van der Waals surface area (Å²) >= 11 is 0. The smallest absolute Gasteiger partial charge is 0.119 e. The highest BCUT2D eigenvalue weighted by molar-refractivity contribution is 5.32. The molecule has 2 nitrogen and oxygen atoms in total. The van der Waals surface area contributed by atoms with E-state index in [-0.39, 0.29) is 0 Å². The van der Waals surface area contributed by atoms with Crippen molar-refractivity contribution in [1.29, 1.82) is 0 Å². The number of rotatable bonds is 6. The van der Waals surface area contributed by atoms with Crippen molar-refractivity contribution in [2.75, 3.05) is 20.3 Å². The van der Waals surface area contributed by atoms with Crippen LogP contribution in [0.25, 0.3) is 0 Å². The normalized spacial score (nSPS) is 12.1. The molecule has 0 bridgehead atoms. The van der Waals surface area contributed by atoms with Gasteiger partial charge >= 0.3 is 0 Å². The Balaban J connectivity index is 2.61. The second-order valence-corrected chi connectivity index (χ2v) is 3.44. The average Bonchev–Trinajstić information content (AvgIpc) is 2.29. The number of benzene rings is 1. The Bertz CT molecular complexity index is 307. The second kappa shape index (κ2) is 6.25. The third kappa shape index (κ3) is 3.76. The summed E-state index contributed by atoms with van der Waals surface area (Å²) in [5.74, 6) is 1.24. The van der Waals surface area contributed by atoms with Crippen LogP contribution in [0.15, 0.2) is 36.9 Å². The van der Waals surface area contributed by atoms with Gasteiger partial charge in [0.25, 0.3) is 0 Å². The van der Waals surface area contributed by atoms with E-state index in [1.807, 2.05) is 24.3 Å². The molecule has 0 N–H and O–H groups in total. The van der Waals surface area contributed by atoms with Gasteiger partial charge in [0, 0.05) is 7.11 Å². The lowest BCUT2D eigenvalue weighted by Gasteiger charge is -2.10. The van der Waals surface area contributed by atoms with E-state index in [4.69, 9.17) is 9.47 Å². The molecule has 1 rings (SSSR count). The van der Waals surface area contributed by atoms with Crippen molar-refractivity contribution in [2.24, 2.45) is 0 Å². The molecule has 1 unspecified atom stereocenters. The third-order valence-electron chi connectivity index (χ3n) is 2.29. The van der Waals surface area contributed by atoms with E-state index in [0.717, 1.165) is 5.75 Å².